The van der Waals surface area contributed by atoms with E-state index in [-0.39, 0.29) is 12.0 Å². The van der Waals surface area contributed by atoms with E-state index in [0.717, 1.165) is 19.6 Å². The largest absolute Gasteiger partial charge is 0.373 e. The van der Waals surface area contributed by atoms with Gasteiger partial charge in [0, 0.05) is 19.1 Å². The van der Waals surface area contributed by atoms with Crippen LogP contribution in [0.2, 0.25) is 0 Å². The van der Waals surface area contributed by atoms with Gasteiger partial charge in [0.25, 0.3) is 0 Å². The molecule has 0 radical (unpaired) electrons. The van der Waals surface area contributed by atoms with Crippen LogP contribution in [0.5, 0.6) is 0 Å². The van der Waals surface area contributed by atoms with E-state index in [9.17, 15) is 4.79 Å². The van der Waals surface area contributed by atoms with Gasteiger partial charge in [0.2, 0.25) is 5.91 Å². The Morgan fingerprint density at radius 3 is 3.05 bits per heavy atom. The minimum atomic E-state index is -0.400. The lowest BCUT2D eigenvalue weighted by molar-refractivity contribution is -0.124. The first-order chi connectivity index (χ1) is 9.06. The zero-order chi connectivity index (χ0) is 13.8. The number of hydrogen-bond donors (Lipinski definition) is 2. The highest BCUT2D eigenvalue weighted by Crippen LogP contribution is 2.22. The van der Waals surface area contributed by atoms with Crippen LogP contribution in [0.25, 0.3) is 0 Å². The van der Waals surface area contributed by atoms with Crippen LogP contribution in [0.15, 0.2) is 0 Å². The maximum absolute atomic E-state index is 11.8. The molecule has 5 nitrogen and oxygen atoms in total. The highest BCUT2D eigenvalue weighted by molar-refractivity contribution is 5.81. The fraction of sp³-hybridized carbons (Fsp3) is 0.929. The number of fused-ring (bicyclic) bond motifs is 1. The van der Waals surface area contributed by atoms with Crippen molar-refractivity contribution in [1.29, 1.82) is 0 Å². The molecule has 0 aliphatic carbocycles. The molecule has 3 N–H and O–H groups in total. The Bertz CT molecular complexity index is 309. The molecule has 1 amide bonds. The smallest absolute Gasteiger partial charge is 0.237 e. The fourth-order valence-corrected chi connectivity index (χ4v) is 2.97. The topological polar surface area (TPSA) is 67.6 Å². The first-order valence-electron chi connectivity index (χ1n) is 7.45. The molecule has 0 saturated carbocycles. The molecule has 3 atom stereocenters. The molecule has 0 aromatic rings. The third-order valence-electron chi connectivity index (χ3n) is 4.03. The van der Waals surface area contributed by atoms with Crippen LogP contribution in [-0.4, -0.2) is 55.2 Å². The summed E-state index contributed by atoms with van der Waals surface area (Å²) >= 11 is 0. The van der Waals surface area contributed by atoms with Crippen molar-refractivity contribution in [2.75, 3.05) is 26.2 Å². The van der Waals surface area contributed by atoms with Gasteiger partial charge in [0.15, 0.2) is 0 Å². The Labute approximate surface area is 115 Å². The molecule has 2 aliphatic heterocycles. The molecule has 2 saturated heterocycles. The third kappa shape index (κ3) is 4.16. The van der Waals surface area contributed by atoms with E-state index in [4.69, 9.17) is 10.5 Å². The first kappa shape index (κ1) is 14.8. The Hall–Kier alpha value is -0.650. The zero-order valence-corrected chi connectivity index (χ0v) is 12.1. The minimum absolute atomic E-state index is 0.0548. The summed E-state index contributed by atoms with van der Waals surface area (Å²) in [5.74, 6) is 0.387. The standard InChI is InChI=1S/C14H27N3O2/c1-10(2)6-13(15)14(18)16-7-12-8-17-5-3-4-11(17)9-19-12/h10-13H,3-9,15H2,1-2H3,(H,16,18)/t11?,12?,13-/m0/s1. The zero-order valence-electron chi connectivity index (χ0n) is 12.1. The maximum atomic E-state index is 11.8. The quantitative estimate of drug-likeness (QED) is 0.755. The second kappa shape index (κ2) is 6.68. The molecule has 0 spiro atoms. The van der Waals surface area contributed by atoms with Crippen molar-refractivity contribution >= 4 is 5.91 Å². The summed E-state index contributed by atoms with van der Waals surface area (Å²) in [6.07, 6.45) is 3.36. The van der Waals surface area contributed by atoms with Crippen LogP contribution >= 0.6 is 0 Å². The van der Waals surface area contributed by atoms with Crippen LogP contribution in [0, 0.1) is 5.92 Å². The predicted octanol–water partition coefficient (Wildman–Crippen LogP) is 0.339. The van der Waals surface area contributed by atoms with E-state index >= 15 is 0 Å². The number of hydrogen-bond acceptors (Lipinski definition) is 4. The second-order valence-electron chi connectivity index (χ2n) is 6.23. The molecule has 19 heavy (non-hydrogen) atoms. The molecule has 5 heteroatoms. The van der Waals surface area contributed by atoms with Gasteiger partial charge in [0.1, 0.15) is 0 Å². The number of rotatable bonds is 5. The number of ether oxygens (including phenoxy) is 1. The summed E-state index contributed by atoms with van der Waals surface area (Å²) in [4.78, 5) is 14.3. The highest BCUT2D eigenvalue weighted by Gasteiger charge is 2.32. The van der Waals surface area contributed by atoms with Gasteiger partial charge in [-0.05, 0) is 31.7 Å². The predicted molar refractivity (Wildman–Crippen MR) is 74.8 cm³/mol. The summed E-state index contributed by atoms with van der Waals surface area (Å²) in [7, 11) is 0. The summed E-state index contributed by atoms with van der Waals surface area (Å²) in [5.41, 5.74) is 5.86. The Morgan fingerprint density at radius 1 is 1.53 bits per heavy atom. The van der Waals surface area contributed by atoms with E-state index in [1.807, 2.05) is 0 Å². The molecule has 0 bridgehead atoms. The number of morpholine rings is 1. The molecule has 2 rings (SSSR count). The van der Waals surface area contributed by atoms with E-state index in [0.29, 0.717) is 18.5 Å². The average molecular weight is 269 g/mol. The molecule has 0 aromatic heterocycles. The minimum Gasteiger partial charge on any atom is -0.373 e. The van der Waals surface area contributed by atoms with Crippen molar-refractivity contribution in [1.82, 2.24) is 10.2 Å². The van der Waals surface area contributed by atoms with Crippen molar-refractivity contribution < 1.29 is 9.53 Å². The van der Waals surface area contributed by atoms with Crippen LogP contribution in [0.1, 0.15) is 33.1 Å². The van der Waals surface area contributed by atoms with Gasteiger partial charge in [0.05, 0.1) is 18.8 Å². The van der Waals surface area contributed by atoms with E-state index in [1.54, 1.807) is 0 Å². The average Bonchev–Trinajstić information content (AvgIpc) is 2.82. The molecule has 2 heterocycles. The lowest BCUT2D eigenvalue weighted by Gasteiger charge is -2.35. The number of carbonyl (C=O) groups is 1. The number of nitrogens with zero attached hydrogens (tertiary/aromatic N) is 1. The Morgan fingerprint density at radius 2 is 2.32 bits per heavy atom. The van der Waals surface area contributed by atoms with E-state index < -0.39 is 6.04 Å². The van der Waals surface area contributed by atoms with Gasteiger partial charge >= 0.3 is 0 Å². The van der Waals surface area contributed by atoms with Crippen molar-refractivity contribution in [3.05, 3.63) is 0 Å². The number of nitrogens with one attached hydrogen (secondary N) is 1. The van der Waals surface area contributed by atoms with Gasteiger partial charge in [-0.15, -0.1) is 0 Å². The van der Waals surface area contributed by atoms with E-state index in [1.165, 1.54) is 19.4 Å². The summed E-state index contributed by atoms with van der Waals surface area (Å²) in [6, 6.07) is 0.207. The summed E-state index contributed by atoms with van der Waals surface area (Å²) in [5, 5.41) is 2.92. The SMILES string of the molecule is CC(C)C[C@H](N)C(=O)NCC1CN2CCCC2CO1. The molecule has 2 fully saturated rings. The molecule has 0 aromatic carbocycles. The molecule has 2 aliphatic rings. The molecular weight excluding hydrogens is 242 g/mol. The normalized spacial score (nSPS) is 29.3. The maximum Gasteiger partial charge on any atom is 0.237 e. The molecule has 110 valence electrons. The van der Waals surface area contributed by atoms with Crippen molar-refractivity contribution in [3.8, 4) is 0 Å². The van der Waals surface area contributed by atoms with Gasteiger partial charge in [-0.1, -0.05) is 13.8 Å². The Kier molecular flexibility index (Phi) is 5.19. The van der Waals surface area contributed by atoms with Crippen molar-refractivity contribution in [3.63, 3.8) is 0 Å². The first-order valence-corrected chi connectivity index (χ1v) is 7.45. The van der Waals surface area contributed by atoms with Crippen molar-refractivity contribution in [2.45, 2.75) is 51.3 Å². The number of nitrogens with two attached hydrogens (primary N) is 1. The van der Waals surface area contributed by atoms with Crippen molar-refractivity contribution in [2.24, 2.45) is 11.7 Å². The van der Waals surface area contributed by atoms with Gasteiger partial charge in [-0.3, -0.25) is 9.69 Å². The van der Waals surface area contributed by atoms with Gasteiger partial charge < -0.3 is 15.8 Å². The van der Waals surface area contributed by atoms with Crippen LogP contribution < -0.4 is 11.1 Å². The van der Waals surface area contributed by atoms with Crippen LogP contribution in [0.3, 0.4) is 0 Å². The monoisotopic (exact) mass is 269 g/mol. The number of carbonyl (C=O) groups excluding carboxylic acids is 1. The van der Waals surface area contributed by atoms with Crippen LogP contribution in [-0.2, 0) is 9.53 Å². The summed E-state index contributed by atoms with van der Waals surface area (Å²) in [6.45, 7) is 7.64. The second-order valence-corrected chi connectivity index (χ2v) is 6.23. The molecule has 2 unspecified atom stereocenters. The molecular formula is C14H27N3O2. The summed E-state index contributed by atoms with van der Waals surface area (Å²) < 4.78 is 5.81. The van der Waals surface area contributed by atoms with Gasteiger partial charge in [-0.2, -0.15) is 0 Å². The fourth-order valence-electron chi connectivity index (χ4n) is 2.97. The highest BCUT2D eigenvalue weighted by atomic mass is 16.5. The lowest BCUT2D eigenvalue weighted by Crippen LogP contribution is -2.51. The lowest BCUT2D eigenvalue weighted by atomic mass is 10.0. The Balaban J connectivity index is 1.69. The van der Waals surface area contributed by atoms with Crippen LogP contribution in [0.4, 0.5) is 0 Å². The third-order valence-corrected chi connectivity index (χ3v) is 4.03. The number of amides is 1. The van der Waals surface area contributed by atoms with Gasteiger partial charge in [-0.25, -0.2) is 0 Å². The van der Waals surface area contributed by atoms with E-state index in [2.05, 4.69) is 24.1 Å².